The number of rotatable bonds is 5. The highest BCUT2D eigenvalue weighted by Gasteiger charge is 2.20. The Balaban J connectivity index is 1.36. The third-order valence-corrected chi connectivity index (χ3v) is 4.67. The molecule has 3 heterocycles. The standard InChI is InChI=1S/C17H26N4O/c22-17-7-2-4-10-21(17)11-5-9-19-12-14-20(15-13-19)16-6-1-3-8-18-16/h1,3,6,8H,2,4-5,7,9-15H2. The molecule has 0 bridgehead atoms. The van der Waals surface area contributed by atoms with Crippen molar-refractivity contribution in [1.29, 1.82) is 0 Å². The van der Waals surface area contributed by atoms with Crippen molar-refractivity contribution in [3.05, 3.63) is 24.4 Å². The molecular formula is C17H26N4O. The van der Waals surface area contributed by atoms with E-state index in [4.69, 9.17) is 0 Å². The fraction of sp³-hybridized carbons (Fsp3) is 0.647. The van der Waals surface area contributed by atoms with Crippen LogP contribution in [0.15, 0.2) is 24.4 Å². The van der Waals surface area contributed by atoms with Gasteiger partial charge in [0.2, 0.25) is 5.91 Å². The van der Waals surface area contributed by atoms with Crippen LogP contribution in [-0.4, -0.2) is 66.5 Å². The first kappa shape index (κ1) is 15.3. The number of amides is 1. The summed E-state index contributed by atoms with van der Waals surface area (Å²) < 4.78 is 0. The maximum atomic E-state index is 11.8. The summed E-state index contributed by atoms with van der Waals surface area (Å²) in [5.74, 6) is 1.44. The number of piperidine rings is 1. The second-order valence-electron chi connectivity index (χ2n) is 6.21. The topological polar surface area (TPSA) is 39.7 Å². The van der Waals surface area contributed by atoms with Gasteiger partial charge in [0.15, 0.2) is 0 Å². The largest absolute Gasteiger partial charge is 0.354 e. The van der Waals surface area contributed by atoms with Crippen molar-refractivity contribution in [1.82, 2.24) is 14.8 Å². The van der Waals surface area contributed by atoms with E-state index >= 15 is 0 Å². The number of piperazine rings is 1. The molecule has 2 saturated heterocycles. The van der Waals surface area contributed by atoms with Gasteiger partial charge in [-0.2, -0.15) is 0 Å². The van der Waals surface area contributed by atoms with Gasteiger partial charge in [0.25, 0.3) is 0 Å². The first-order valence-electron chi connectivity index (χ1n) is 8.49. The fourth-order valence-electron chi connectivity index (χ4n) is 3.32. The monoisotopic (exact) mass is 302 g/mol. The van der Waals surface area contributed by atoms with Gasteiger partial charge in [-0.1, -0.05) is 6.07 Å². The number of pyridine rings is 1. The molecule has 0 N–H and O–H groups in total. The van der Waals surface area contributed by atoms with Crippen LogP contribution < -0.4 is 4.90 Å². The Bertz CT molecular complexity index is 471. The molecule has 0 radical (unpaired) electrons. The van der Waals surface area contributed by atoms with Gasteiger partial charge >= 0.3 is 0 Å². The Labute approximate surface area is 132 Å². The minimum absolute atomic E-state index is 0.353. The zero-order valence-electron chi connectivity index (χ0n) is 13.3. The fourth-order valence-corrected chi connectivity index (χ4v) is 3.32. The number of carbonyl (C=O) groups is 1. The number of hydrogen-bond acceptors (Lipinski definition) is 4. The molecule has 0 unspecified atom stereocenters. The minimum Gasteiger partial charge on any atom is -0.354 e. The molecule has 0 aliphatic carbocycles. The Kier molecular flexibility index (Phi) is 5.27. The van der Waals surface area contributed by atoms with Gasteiger partial charge in [-0.05, 0) is 37.9 Å². The van der Waals surface area contributed by atoms with E-state index in [1.54, 1.807) is 0 Å². The van der Waals surface area contributed by atoms with Crippen molar-refractivity contribution in [3.63, 3.8) is 0 Å². The van der Waals surface area contributed by atoms with E-state index in [2.05, 4.69) is 20.9 Å². The highest BCUT2D eigenvalue weighted by molar-refractivity contribution is 5.76. The van der Waals surface area contributed by atoms with Crippen molar-refractivity contribution >= 4 is 11.7 Å². The van der Waals surface area contributed by atoms with Gasteiger partial charge in [-0.3, -0.25) is 9.69 Å². The van der Waals surface area contributed by atoms with Crippen LogP contribution in [0.25, 0.3) is 0 Å². The summed E-state index contributed by atoms with van der Waals surface area (Å²) in [4.78, 5) is 23.1. The quantitative estimate of drug-likeness (QED) is 0.828. The summed E-state index contributed by atoms with van der Waals surface area (Å²) in [6, 6.07) is 6.09. The van der Waals surface area contributed by atoms with Crippen molar-refractivity contribution in [2.75, 3.05) is 50.7 Å². The van der Waals surface area contributed by atoms with E-state index in [9.17, 15) is 4.79 Å². The number of anilines is 1. The Hall–Kier alpha value is -1.62. The van der Waals surface area contributed by atoms with Gasteiger partial charge in [-0.15, -0.1) is 0 Å². The van der Waals surface area contributed by atoms with Crippen LogP contribution in [0.5, 0.6) is 0 Å². The van der Waals surface area contributed by atoms with E-state index < -0.39 is 0 Å². The molecule has 1 amide bonds. The van der Waals surface area contributed by atoms with Crippen molar-refractivity contribution in [3.8, 4) is 0 Å². The van der Waals surface area contributed by atoms with Crippen LogP contribution >= 0.6 is 0 Å². The Morgan fingerprint density at radius 3 is 2.59 bits per heavy atom. The van der Waals surface area contributed by atoms with E-state index in [0.29, 0.717) is 5.91 Å². The minimum atomic E-state index is 0.353. The molecule has 2 fully saturated rings. The highest BCUT2D eigenvalue weighted by Crippen LogP contribution is 2.14. The zero-order valence-corrected chi connectivity index (χ0v) is 13.3. The van der Waals surface area contributed by atoms with E-state index in [-0.39, 0.29) is 0 Å². The van der Waals surface area contributed by atoms with Gasteiger partial charge in [-0.25, -0.2) is 4.98 Å². The summed E-state index contributed by atoms with van der Waals surface area (Å²) in [6.07, 6.45) is 5.95. The number of hydrogen-bond donors (Lipinski definition) is 0. The number of likely N-dealkylation sites (tertiary alicyclic amines) is 1. The molecule has 5 heteroatoms. The molecule has 0 aromatic carbocycles. The predicted molar refractivity (Wildman–Crippen MR) is 87.9 cm³/mol. The van der Waals surface area contributed by atoms with Crippen molar-refractivity contribution < 1.29 is 4.79 Å². The lowest BCUT2D eigenvalue weighted by molar-refractivity contribution is -0.133. The second kappa shape index (κ2) is 7.58. The van der Waals surface area contributed by atoms with E-state index in [1.165, 1.54) is 6.42 Å². The van der Waals surface area contributed by atoms with Gasteiger partial charge in [0.1, 0.15) is 5.82 Å². The van der Waals surface area contributed by atoms with Gasteiger partial charge in [0, 0.05) is 51.9 Å². The summed E-state index contributed by atoms with van der Waals surface area (Å²) in [6.45, 7) is 7.25. The van der Waals surface area contributed by atoms with E-state index in [0.717, 1.165) is 70.9 Å². The number of nitrogens with zero attached hydrogens (tertiary/aromatic N) is 4. The Morgan fingerprint density at radius 1 is 1.00 bits per heavy atom. The van der Waals surface area contributed by atoms with Gasteiger partial charge < -0.3 is 9.80 Å². The molecule has 22 heavy (non-hydrogen) atoms. The molecule has 0 saturated carbocycles. The van der Waals surface area contributed by atoms with Crippen LogP contribution in [0.1, 0.15) is 25.7 Å². The van der Waals surface area contributed by atoms with Gasteiger partial charge in [0.05, 0.1) is 0 Å². The third kappa shape index (κ3) is 3.97. The molecule has 2 aliphatic rings. The van der Waals surface area contributed by atoms with Crippen LogP contribution in [0, 0.1) is 0 Å². The second-order valence-corrected chi connectivity index (χ2v) is 6.21. The first-order chi connectivity index (χ1) is 10.8. The molecular weight excluding hydrogens is 276 g/mol. The molecule has 2 aliphatic heterocycles. The van der Waals surface area contributed by atoms with E-state index in [1.807, 2.05) is 23.2 Å². The number of aromatic nitrogens is 1. The zero-order chi connectivity index (χ0) is 15.2. The maximum absolute atomic E-state index is 11.8. The van der Waals surface area contributed by atoms with Crippen LogP contribution in [0.2, 0.25) is 0 Å². The van der Waals surface area contributed by atoms with Crippen LogP contribution in [0.3, 0.4) is 0 Å². The molecule has 5 nitrogen and oxygen atoms in total. The van der Waals surface area contributed by atoms with Crippen LogP contribution in [0.4, 0.5) is 5.82 Å². The molecule has 3 rings (SSSR count). The van der Waals surface area contributed by atoms with Crippen molar-refractivity contribution in [2.24, 2.45) is 0 Å². The van der Waals surface area contributed by atoms with Crippen LogP contribution in [-0.2, 0) is 4.79 Å². The summed E-state index contributed by atoms with van der Waals surface area (Å²) in [5.41, 5.74) is 0. The summed E-state index contributed by atoms with van der Waals surface area (Å²) >= 11 is 0. The molecule has 1 aromatic rings. The number of carbonyl (C=O) groups excluding carboxylic acids is 1. The summed E-state index contributed by atoms with van der Waals surface area (Å²) in [5, 5.41) is 0. The molecule has 0 spiro atoms. The average Bonchev–Trinajstić information content (AvgIpc) is 2.58. The first-order valence-corrected chi connectivity index (χ1v) is 8.49. The third-order valence-electron chi connectivity index (χ3n) is 4.67. The normalized spacial score (nSPS) is 20.5. The smallest absolute Gasteiger partial charge is 0.222 e. The maximum Gasteiger partial charge on any atom is 0.222 e. The summed E-state index contributed by atoms with van der Waals surface area (Å²) in [7, 11) is 0. The average molecular weight is 302 g/mol. The molecule has 120 valence electrons. The molecule has 1 aromatic heterocycles. The lowest BCUT2D eigenvalue weighted by Gasteiger charge is -2.36. The highest BCUT2D eigenvalue weighted by atomic mass is 16.2. The SMILES string of the molecule is O=C1CCCCN1CCCN1CCN(c2ccccn2)CC1. The van der Waals surface area contributed by atoms with Crippen molar-refractivity contribution in [2.45, 2.75) is 25.7 Å². The predicted octanol–water partition coefficient (Wildman–Crippen LogP) is 1.61. The molecule has 0 atom stereocenters. The lowest BCUT2D eigenvalue weighted by Crippen LogP contribution is -2.47. The lowest BCUT2D eigenvalue weighted by atomic mass is 10.1. The Morgan fingerprint density at radius 2 is 1.86 bits per heavy atom.